The maximum Gasteiger partial charge on any atom is 0.266 e. The van der Waals surface area contributed by atoms with Crippen LogP contribution in [0, 0.1) is 0 Å². The molecule has 5 heteroatoms. The van der Waals surface area contributed by atoms with Crippen molar-refractivity contribution < 1.29 is 8.78 Å². The number of nitrogens with two attached hydrogens (primary N) is 1. The normalized spacial score (nSPS) is 20.0. The molecule has 0 unspecified atom stereocenters. The third-order valence-electron chi connectivity index (χ3n) is 2.29. The minimum absolute atomic E-state index is 0.122. The standard InChI is InChI=1S/C9H11F2N3/c10-9(11)3-5-14(6-9)8-7(12)2-1-4-13-8/h1-2,4H,3,5-6,12H2. The maximum atomic E-state index is 12.9. The van der Waals surface area contributed by atoms with Crippen LogP contribution < -0.4 is 10.6 Å². The number of aromatic nitrogens is 1. The van der Waals surface area contributed by atoms with Crippen molar-refractivity contribution in [1.29, 1.82) is 0 Å². The van der Waals surface area contributed by atoms with Crippen LogP contribution in [0.2, 0.25) is 0 Å². The zero-order valence-electron chi connectivity index (χ0n) is 7.58. The van der Waals surface area contributed by atoms with Gasteiger partial charge in [-0.25, -0.2) is 13.8 Å². The Labute approximate surface area is 80.5 Å². The molecule has 1 aliphatic rings. The summed E-state index contributed by atoms with van der Waals surface area (Å²) in [6.45, 7) is 0.0302. The van der Waals surface area contributed by atoms with Crippen LogP contribution >= 0.6 is 0 Å². The lowest BCUT2D eigenvalue weighted by molar-refractivity contribution is 0.0257. The number of pyridine rings is 1. The van der Waals surface area contributed by atoms with Gasteiger partial charge >= 0.3 is 0 Å². The Balaban J connectivity index is 2.22. The summed E-state index contributed by atoms with van der Waals surface area (Å²) in [6.07, 6.45) is 1.44. The predicted molar refractivity (Wildman–Crippen MR) is 50.4 cm³/mol. The summed E-state index contributed by atoms with van der Waals surface area (Å²) in [5.41, 5.74) is 6.09. The van der Waals surface area contributed by atoms with E-state index in [1.165, 1.54) is 4.90 Å². The molecule has 14 heavy (non-hydrogen) atoms. The SMILES string of the molecule is Nc1cccnc1N1CCC(F)(F)C1. The number of rotatable bonds is 1. The summed E-state index contributed by atoms with van der Waals surface area (Å²) in [5.74, 6) is -2.14. The van der Waals surface area contributed by atoms with Crippen molar-refractivity contribution in [2.24, 2.45) is 0 Å². The number of halogens is 2. The van der Waals surface area contributed by atoms with E-state index < -0.39 is 5.92 Å². The second-order valence-electron chi connectivity index (χ2n) is 3.44. The third-order valence-corrected chi connectivity index (χ3v) is 2.29. The topological polar surface area (TPSA) is 42.1 Å². The van der Waals surface area contributed by atoms with Crippen LogP contribution in [0.5, 0.6) is 0 Å². The molecule has 1 aromatic rings. The number of nitrogens with zero attached hydrogens (tertiary/aromatic N) is 2. The summed E-state index contributed by atoms with van der Waals surface area (Å²) in [7, 11) is 0. The highest BCUT2D eigenvalue weighted by atomic mass is 19.3. The molecule has 1 saturated heterocycles. The van der Waals surface area contributed by atoms with Gasteiger partial charge in [-0.3, -0.25) is 0 Å². The molecule has 0 spiro atoms. The Bertz CT molecular complexity index is 341. The molecule has 2 N–H and O–H groups in total. The molecule has 76 valence electrons. The molecule has 3 nitrogen and oxygen atoms in total. The zero-order chi connectivity index (χ0) is 10.2. The highest BCUT2D eigenvalue weighted by molar-refractivity contribution is 5.62. The van der Waals surface area contributed by atoms with Crippen molar-refractivity contribution >= 4 is 11.5 Å². The van der Waals surface area contributed by atoms with E-state index in [0.29, 0.717) is 18.1 Å². The molecule has 0 aliphatic carbocycles. The summed E-state index contributed by atoms with van der Waals surface area (Å²) >= 11 is 0. The lowest BCUT2D eigenvalue weighted by atomic mass is 10.3. The molecular formula is C9H11F2N3. The van der Waals surface area contributed by atoms with E-state index >= 15 is 0 Å². The summed E-state index contributed by atoms with van der Waals surface area (Å²) in [4.78, 5) is 5.52. The molecule has 0 bridgehead atoms. The van der Waals surface area contributed by atoms with Crippen LogP contribution in [0.25, 0.3) is 0 Å². The van der Waals surface area contributed by atoms with E-state index in [9.17, 15) is 8.78 Å². The maximum absolute atomic E-state index is 12.9. The van der Waals surface area contributed by atoms with Gasteiger partial charge in [-0.05, 0) is 12.1 Å². The minimum Gasteiger partial charge on any atom is -0.396 e. The predicted octanol–water partition coefficient (Wildman–Crippen LogP) is 1.51. The zero-order valence-corrected chi connectivity index (χ0v) is 7.58. The van der Waals surface area contributed by atoms with E-state index in [2.05, 4.69) is 4.98 Å². The van der Waals surface area contributed by atoms with E-state index in [1.807, 2.05) is 0 Å². The van der Waals surface area contributed by atoms with Gasteiger partial charge in [-0.2, -0.15) is 0 Å². The fourth-order valence-corrected chi connectivity index (χ4v) is 1.59. The van der Waals surface area contributed by atoms with Crippen molar-refractivity contribution in [3.8, 4) is 0 Å². The van der Waals surface area contributed by atoms with Gasteiger partial charge in [0.05, 0.1) is 12.2 Å². The van der Waals surface area contributed by atoms with Crippen LogP contribution in [-0.2, 0) is 0 Å². The Morgan fingerprint density at radius 2 is 2.29 bits per heavy atom. The highest BCUT2D eigenvalue weighted by Crippen LogP contribution is 2.31. The fraction of sp³-hybridized carbons (Fsp3) is 0.444. The summed E-state index contributed by atoms with van der Waals surface area (Å²) in [5, 5.41) is 0. The monoisotopic (exact) mass is 199 g/mol. The molecule has 2 rings (SSSR count). The Kier molecular flexibility index (Phi) is 2.02. The van der Waals surface area contributed by atoms with Gasteiger partial charge in [0.2, 0.25) is 0 Å². The lowest BCUT2D eigenvalue weighted by Gasteiger charge is -2.18. The summed E-state index contributed by atoms with van der Waals surface area (Å²) in [6, 6.07) is 3.35. The summed E-state index contributed by atoms with van der Waals surface area (Å²) < 4.78 is 25.8. The van der Waals surface area contributed by atoms with Crippen molar-refractivity contribution in [3.63, 3.8) is 0 Å². The molecule has 1 aromatic heterocycles. The number of alkyl halides is 2. The number of nitrogen functional groups attached to an aromatic ring is 1. The lowest BCUT2D eigenvalue weighted by Crippen LogP contribution is -2.26. The Hall–Kier alpha value is -1.39. The second-order valence-corrected chi connectivity index (χ2v) is 3.44. The third kappa shape index (κ3) is 1.62. The van der Waals surface area contributed by atoms with E-state index in [4.69, 9.17) is 5.73 Å². The van der Waals surface area contributed by atoms with Gasteiger partial charge < -0.3 is 10.6 Å². The first-order valence-electron chi connectivity index (χ1n) is 4.42. The van der Waals surface area contributed by atoms with Crippen LogP contribution in [-0.4, -0.2) is 24.0 Å². The Morgan fingerprint density at radius 3 is 2.86 bits per heavy atom. The molecule has 0 radical (unpaired) electrons. The first-order chi connectivity index (χ1) is 6.58. The molecule has 0 saturated carbocycles. The van der Waals surface area contributed by atoms with Gasteiger partial charge in [0.25, 0.3) is 5.92 Å². The van der Waals surface area contributed by atoms with Crippen molar-refractivity contribution in [2.75, 3.05) is 23.7 Å². The van der Waals surface area contributed by atoms with Crippen LogP contribution in [0.15, 0.2) is 18.3 Å². The van der Waals surface area contributed by atoms with Gasteiger partial charge in [-0.1, -0.05) is 0 Å². The van der Waals surface area contributed by atoms with E-state index in [0.717, 1.165) is 0 Å². The average Bonchev–Trinajstić information content (AvgIpc) is 2.47. The van der Waals surface area contributed by atoms with E-state index in [-0.39, 0.29) is 13.0 Å². The molecule has 1 aliphatic heterocycles. The molecule has 1 fully saturated rings. The molecule has 2 heterocycles. The van der Waals surface area contributed by atoms with Crippen molar-refractivity contribution in [1.82, 2.24) is 4.98 Å². The van der Waals surface area contributed by atoms with Gasteiger partial charge in [0.1, 0.15) is 0 Å². The number of hydrogen-bond acceptors (Lipinski definition) is 3. The van der Waals surface area contributed by atoms with Crippen LogP contribution in [0.4, 0.5) is 20.3 Å². The van der Waals surface area contributed by atoms with Crippen molar-refractivity contribution in [3.05, 3.63) is 18.3 Å². The van der Waals surface area contributed by atoms with Crippen LogP contribution in [0.1, 0.15) is 6.42 Å². The average molecular weight is 199 g/mol. The molecule has 0 amide bonds. The van der Waals surface area contributed by atoms with Gasteiger partial charge in [0, 0.05) is 19.2 Å². The number of hydrogen-bond donors (Lipinski definition) is 1. The highest BCUT2D eigenvalue weighted by Gasteiger charge is 2.39. The first-order valence-corrected chi connectivity index (χ1v) is 4.42. The van der Waals surface area contributed by atoms with Crippen molar-refractivity contribution in [2.45, 2.75) is 12.3 Å². The second kappa shape index (κ2) is 3.08. The van der Waals surface area contributed by atoms with Gasteiger partial charge in [-0.15, -0.1) is 0 Å². The van der Waals surface area contributed by atoms with E-state index in [1.54, 1.807) is 18.3 Å². The first kappa shape index (κ1) is 9.18. The van der Waals surface area contributed by atoms with Gasteiger partial charge in [0.15, 0.2) is 5.82 Å². The molecular weight excluding hydrogens is 188 g/mol. The minimum atomic E-state index is -2.61. The van der Waals surface area contributed by atoms with Crippen LogP contribution in [0.3, 0.4) is 0 Å². The number of anilines is 2. The smallest absolute Gasteiger partial charge is 0.266 e. The fourth-order valence-electron chi connectivity index (χ4n) is 1.59. The molecule has 0 aromatic carbocycles. The largest absolute Gasteiger partial charge is 0.396 e. The quantitative estimate of drug-likeness (QED) is 0.745. The molecule has 0 atom stereocenters. The Morgan fingerprint density at radius 1 is 1.50 bits per heavy atom.